The summed E-state index contributed by atoms with van der Waals surface area (Å²) in [5.74, 6) is -0.724. The zero-order chi connectivity index (χ0) is 19.9. The van der Waals surface area contributed by atoms with E-state index in [4.69, 9.17) is 0 Å². The number of nitrogens with one attached hydrogen (secondary N) is 3. The first-order valence-corrected chi connectivity index (χ1v) is 9.99. The summed E-state index contributed by atoms with van der Waals surface area (Å²) in [5, 5.41) is 8.26. The smallest absolute Gasteiger partial charge is 0.315 e. The summed E-state index contributed by atoms with van der Waals surface area (Å²) in [5.41, 5.74) is -0.172. The Labute approximate surface area is 160 Å². The minimum absolute atomic E-state index is 0.0306. The Morgan fingerprint density at radius 1 is 1.00 bits per heavy atom. The number of ketones is 1. The van der Waals surface area contributed by atoms with Gasteiger partial charge in [0.25, 0.3) is 0 Å². The number of hydrogen-bond donors (Lipinski definition) is 3. The Hall–Kier alpha value is -2.12. The molecule has 152 valence electrons. The first-order valence-electron chi connectivity index (χ1n) is 9.99. The van der Waals surface area contributed by atoms with Gasteiger partial charge in [-0.2, -0.15) is 0 Å². The fraction of sp³-hybridized carbons (Fsp3) is 0.789. The third-order valence-electron chi connectivity index (χ3n) is 5.65. The molecule has 2 aliphatic rings. The lowest BCUT2D eigenvalue weighted by molar-refractivity contribution is -0.137. The summed E-state index contributed by atoms with van der Waals surface area (Å²) in [6, 6.07) is -0.897. The number of Topliss-reactive ketones (excluding diaryl/α,β-unsaturated/α-hetero) is 1. The molecule has 1 aliphatic carbocycles. The second-order valence-electron chi connectivity index (χ2n) is 7.67. The summed E-state index contributed by atoms with van der Waals surface area (Å²) in [6.07, 6.45) is 7.53. The quantitative estimate of drug-likeness (QED) is 0.614. The Balaban J connectivity index is 1.82. The van der Waals surface area contributed by atoms with Crippen LogP contribution in [0.15, 0.2) is 0 Å². The zero-order valence-corrected chi connectivity index (χ0v) is 16.4. The van der Waals surface area contributed by atoms with Crippen LogP contribution in [-0.2, 0) is 14.4 Å². The molecule has 0 aromatic rings. The van der Waals surface area contributed by atoms with Crippen molar-refractivity contribution in [3.05, 3.63) is 0 Å². The topological polar surface area (TPSA) is 108 Å². The molecule has 1 aliphatic heterocycles. The van der Waals surface area contributed by atoms with Crippen molar-refractivity contribution in [2.75, 3.05) is 19.6 Å². The first kappa shape index (κ1) is 21.2. The van der Waals surface area contributed by atoms with Gasteiger partial charge in [0, 0.05) is 12.1 Å². The summed E-state index contributed by atoms with van der Waals surface area (Å²) >= 11 is 0. The van der Waals surface area contributed by atoms with Crippen LogP contribution >= 0.6 is 0 Å². The van der Waals surface area contributed by atoms with Gasteiger partial charge in [-0.25, -0.2) is 4.79 Å². The summed E-state index contributed by atoms with van der Waals surface area (Å²) in [7, 11) is 0. The molecule has 0 aromatic heterocycles. The molecule has 0 radical (unpaired) electrons. The predicted molar refractivity (Wildman–Crippen MR) is 101 cm³/mol. The molecule has 2 rings (SSSR count). The second kappa shape index (κ2) is 9.71. The SMILES string of the molecule is CCC1(NC(=O)NCC(=O)N2CCCC2C(=O)NCC(C)=O)CCCCC1. The minimum atomic E-state index is -0.568. The number of hydrogen-bond acceptors (Lipinski definition) is 4. The number of amides is 4. The molecule has 1 atom stereocenters. The van der Waals surface area contributed by atoms with E-state index in [1.54, 1.807) is 0 Å². The maximum Gasteiger partial charge on any atom is 0.315 e. The van der Waals surface area contributed by atoms with Gasteiger partial charge in [0.1, 0.15) is 11.8 Å². The van der Waals surface area contributed by atoms with Crippen LogP contribution in [0.25, 0.3) is 0 Å². The van der Waals surface area contributed by atoms with Gasteiger partial charge in [0.05, 0.1) is 13.1 Å². The van der Waals surface area contributed by atoms with Crippen molar-refractivity contribution in [2.24, 2.45) is 0 Å². The van der Waals surface area contributed by atoms with Gasteiger partial charge in [-0.05, 0) is 39.0 Å². The van der Waals surface area contributed by atoms with Gasteiger partial charge in [-0.1, -0.05) is 26.2 Å². The number of carbonyl (C=O) groups is 4. The van der Waals surface area contributed by atoms with E-state index in [1.807, 2.05) is 0 Å². The van der Waals surface area contributed by atoms with E-state index in [2.05, 4.69) is 22.9 Å². The molecule has 8 nitrogen and oxygen atoms in total. The molecular formula is C19H32N4O4. The molecule has 3 N–H and O–H groups in total. The van der Waals surface area contributed by atoms with Crippen LogP contribution < -0.4 is 16.0 Å². The maximum atomic E-state index is 12.5. The fourth-order valence-electron chi connectivity index (χ4n) is 4.01. The van der Waals surface area contributed by atoms with Crippen molar-refractivity contribution in [1.82, 2.24) is 20.9 Å². The van der Waals surface area contributed by atoms with Crippen molar-refractivity contribution in [3.63, 3.8) is 0 Å². The highest BCUT2D eigenvalue weighted by Gasteiger charge is 2.35. The van der Waals surface area contributed by atoms with Crippen molar-refractivity contribution in [1.29, 1.82) is 0 Å². The third kappa shape index (κ3) is 5.94. The predicted octanol–water partition coefficient (Wildman–Crippen LogP) is 1.09. The van der Waals surface area contributed by atoms with Crippen LogP contribution in [0.1, 0.15) is 65.2 Å². The zero-order valence-electron chi connectivity index (χ0n) is 16.4. The van der Waals surface area contributed by atoms with Gasteiger partial charge in [0.15, 0.2) is 0 Å². The fourth-order valence-corrected chi connectivity index (χ4v) is 4.01. The van der Waals surface area contributed by atoms with Crippen LogP contribution in [0, 0.1) is 0 Å². The van der Waals surface area contributed by atoms with Gasteiger partial charge in [-0.15, -0.1) is 0 Å². The summed E-state index contributed by atoms with van der Waals surface area (Å²) in [4.78, 5) is 49.5. The number of carbonyl (C=O) groups excluding carboxylic acids is 4. The Morgan fingerprint density at radius 2 is 1.70 bits per heavy atom. The molecule has 4 amide bonds. The summed E-state index contributed by atoms with van der Waals surface area (Å²) in [6.45, 7) is 3.79. The normalized spacial score (nSPS) is 21.4. The molecule has 0 bridgehead atoms. The Bertz CT molecular complexity index is 572. The lowest BCUT2D eigenvalue weighted by Gasteiger charge is -2.37. The molecule has 2 fully saturated rings. The van der Waals surface area contributed by atoms with E-state index in [9.17, 15) is 19.2 Å². The highest BCUT2D eigenvalue weighted by Crippen LogP contribution is 2.30. The average Bonchev–Trinajstić information content (AvgIpc) is 3.15. The van der Waals surface area contributed by atoms with Crippen LogP contribution in [0.2, 0.25) is 0 Å². The van der Waals surface area contributed by atoms with E-state index in [0.717, 1.165) is 38.5 Å². The third-order valence-corrected chi connectivity index (χ3v) is 5.65. The van der Waals surface area contributed by atoms with Gasteiger partial charge in [0.2, 0.25) is 11.8 Å². The largest absolute Gasteiger partial charge is 0.347 e. The molecule has 0 spiro atoms. The van der Waals surface area contributed by atoms with Crippen LogP contribution in [-0.4, -0.2) is 59.7 Å². The van der Waals surface area contributed by atoms with Gasteiger partial charge in [-0.3, -0.25) is 14.4 Å². The molecule has 27 heavy (non-hydrogen) atoms. The molecule has 1 unspecified atom stereocenters. The highest BCUT2D eigenvalue weighted by molar-refractivity contribution is 5.92. The molecule has 1 saturated carbocycles. The number of rotatable bonds is 7. The van der Waals surface area contributed by atoms with E-state index < -0.39 is 6.04 Å². The van der Waals surface area contributed by atoms with Crippen molar-refractivity contribution < 1.29 is 19.2 Å². The standard InChI is InChI=1S/C19H32N4O4/c1-3-19(9-5-4-6-10-19)22-18(27)21-13-16(25)23-11-7-8-15(23)17(26)20-12-14(2)24/h15H,3-13H2,1-2H3,(H,20,26)(H2,21,22,27). The van der Waals surface area contributed by atoms with E-state index in [-0.39, 0.29) is 42.3 Å². The van der Waals surface area contributed by atoms with Crippen molar-refractivity contribution in [2.45, 2.75) is 76.8 Å². The lowest BCUT2D eigenvalue weighted by atomic mass is 9.80. The minimum Gasteiger partial charge on any atom is -0.347 e. The summed E-state index contributed by atoms with van der Waals surface area (Å²) < 4.78 is 0. The maximum absolute atomic E-state index is 12.5. The van der Waals surface area contributed by atoms with Gasteiger partial charge >= 0.3 is 6.03 Å². The lowest BCUT2D eigenvalue weighted by Crippen LogP contribution is -2.55. The molecule has 1 heterocycles. The van der Waals surface area contributed by atoms with Crippen LogP contribution in [0.3, 0.4) is 0 Å². The Morgan fingerprint density at radius 3 is 2.33 bits per heavy atom. The van der Waals surface area contributed by atoms with Crippen LogP contribution in [0.5, 0.6) is 0 Å². The molecule has 8 heteroatoms. The second-order valence-corrected chi connectivity index (χ2v) is 7.67. The van der Waals surface area contributed by atoms with Crippen LogP contribution in [0.4, 0.5) is 4.79 Å². The molecule has 1 saturated heterocycles. The number of likely N-dealkylation sites (tertiary alicyclic amines) is 1. The molecular weight excluding hydrogens is 348 g/mol. The van der Waals surface area contributed by atoms with Crippen molar-refractivity contribution in [3.8, 4) is 0 Å². The van der Waals surface area contributed by atoms with E-state index >= 15 is 0 Å². The highest BCUT2D eigenvalue weighted by atomic mass is 16.2. The molecule has 0 aromatic carbocycles. The number of nitrogens with zero attached hydrogens (tertiary/aromatic N) is 1. The van der Waals surface area contributed by atoms with Gasteiger partial charge < -0.3 is 20.9 Å². The monoisotopic (exact) mass is 380 g/mol. The van der Waals surface area contributed by atoms with Crippen molar-refractivity contribution >= 4 is 23.6 Å². The average molecular weight is 380 g/mol. The Kier molecular flexibility index (Phi) is 7.62. The van der Waals surface area contributed by atoms with E-state index in [0.29, 0.717) is 13.0 Å². The van der Waals surface area contributed by atoms with E-state index in [1.165, 1.54) is 18.2 Å². The first-order chi connectivity index (χ1) is 12.9. The number of urea groups is 1.